The van der Waals surface area contributed by atoms with E-state index in [2.05, 4.69) is 6.92 Å². The summed E-state index contributed by atoms with van der Waals surface area (Å²) in [5.41, 5.74) is 3.46. The van der Waals surface area contributed by atoms with Gasteiger partial charge in [0, 0.05) is 22.3 Å². The van der Waals surface area contributed by atoms with Crippen molar-refractivity contribution in [2.45, 2.75) is 58.3 Å². The summed E-state index contributed by atoms with van der Waals surface area (Å²) in [6, 6.07) is 0. The Bertz CT molecular complexity index is 479. The predicted octanol–water partition coefficient (Wildman–Crippen LogP) is 3.52. The summed E-state index contributed by atoms with van der Waals surface area (Å²) >= 11 is 0. The predicted molar refractivity (Wildman–Crippen MR) is 70.2 cm³/mol. The van der Waals surface area contributed by atoms with Crippen LogP contribution in [0.25, 0.3) is 0 Å². The molecule has 0 saturated heterocycles. The smallest absolute Gasteiger partial charge is 0.185 e. The second kappa shape index (κ2) is 4.49. The van der Waals surface area contributed by atoms with Gasteiger partial charge in [-0.3, -0.25) is 9.59 Å². The van der Waals surface area contributed by atoms with Gasteiger partial charge in [-0.1, -0.05) is 13.3 Å². The van der Waals surface area contributed by atoms with Crippen LogP contribution in [0.5, 0.6) is 0 Å². The summed E-state index contributed by atoms with van der Waals surface area (Å²) in [6.45, 7) is 2.18. The number of carbonyl (C=O) groups is 2. The van der Waals surface area contributed by atoms with Crippen molar-refractivity contribution >= 4 is 11.6 Å². The summed E-state index contributed by atoms with van der Waals surface area (Å²) in [4.78, 5) is 25.0. The zero-order valence-corrected chi connectivity index (χ0v) is 11.1. The minimum atomic E-state index is 0.217. The first-order valence-electron chi connectivity index (χ1n) is 7.25. The average molecular weight is 244 g/mol. The van der Waals surface area contributed by atoms with Gasteiger partial charge in [-0.05, 0) is 50.9 Å². The Kier molecular flexibility index (Phi) is 2.96. The van der Waals surface area contributed by atoms with Crippen LogP contribution in [0.4, 0.5) is 0 Å². The molecule has 2 nitrogen and oxygen atoms in total. The second-order valence-corrected chi connectivity index (χ2v) is 5.80. The Balaban J connectivity index is 1.99. The summed E-state index contributed by atoms with van der Waals surface area (Å²) < 4.78 is 0. The standard InChI is InChI=1S/C16H20O2/c1-2-10-7-8-13-14(9-10)16(18)12-6-4-3-5-11(12)15(13)17/h10H,2-9H2,1H3. The Labute approximate surface area is 108 Å². The molecule has 0 aromatic rings. The third-order valence-corrected chi connectivity index (χ3v) is 4.80. The van der Waals surface area contributed by atoms with Crippen LogP contribution in [-0.4, -0.2) is 11.6 Å². The average Bonchev–Trinajstić information content (AvgIpc) is 2.44. The van der Waals surface area contributed by atoms with Gasteiger partial charge in [0.1, 0.15) is 0 Å². The van der Waals surface area contributed by atoms with Gasteiger partial charge in [0.2, 0.25) is 0 Å². The van der Waals surface area contributed by atoms with Gasteiger partial charge >= 0.3 is 0 Å². The van der Waals surface area contributed by atoms with Gasteiger partial charge in [0.15, 0.2) is 11.6 Å². The quantitative estimate of drug-likeness (QED) is 0.661. The zero-order valence-electron chi connectivity index (χ0n) is 11.1. The molecule has 1 unspecified atom stereocenters. The molecule has 3 aliphatic carbocycles. The Morgan fingerprint density at radius 3 is 2.06 bits per heavy atom. The highest BCUT2D eigenvalue weighted by molar-refractivity contribution is 6.25. The van der Waals surface area contributed by atoms with Crippen molar-refractivity contribution in [2.24, 2.45) is 5.92 Å². The van der Waals surface area contributed by atoms with Crippen LogP contribution in [0, 0.1) is 5.92 Å². The molecule has 96 valence electrons. The molecular weight excluding hydrogens is 224 g/mol. The molecule has 0 saturated carbocycles. The van der Waals surface area contributed by atoms with E-state index in [4.69, 9.17) is 0 Å². The normalized spacial score (nSPS) is 28.4. The molecule has 0 aliphatic heterocycles. The lowest BCUT2D eigenvalue weighted by atomic mass is 9.70. The minimum Gasteiger partial charge on any atom is -0.289 e. The van der Waals surface area contributed by atoms with Crippen LogP contribution >= 0.6 is 0 Å². The number of ketones is 2. The lowest BCUT2D eigenvalue weighted by molar-refractivity contribution is -0.117. The number of Topliss-reactive ketones (excluding diaryl/α,β-unsaturated/α-hetero) is 2. The topological polar surface area (TPSA) is 34.1 Å². The zero-order chi connectivity index (χ0) is 12.7. The Morgan fingerprint density at radius 2 is 1.44 bits per heavy atom. The monoisotopic (exact) mass is 244 g/mol. The van der Waals surface area contributed by atoms with Gasteiger partial charge < -0.3 is 0 Å². The van der Waals surface area contributed by atoms with Gasteiger partial charge in [-0.15, -0.1) is 0 Å². The number of carbonyl (C=O) groups excluding carboxylic acids is 2. The van der Waals surface area contributed by atoms with Crippen molar-refractivity contribution in [3.63, 3.8) is 0 Å². The highest BCUT2D eigenvalue weighted by Gasteiger charge is 2.37. The molecule has 0 aromatic carbocycles. The van der Waals surface area contributed by atoms with E-state index in [0.29, 0.717) is 5.92 Å². The molecule has 2 heteroatoms. The van der Waals surface area contributed by atoms with E-state index in [1.54, 1.807) is 0 Å². The number of allylic oxidation sites excluding steroid dienone is 4. The molecule has 0 radical (unpaired) electrons. The highest BCUT2D eigenvalue weighted by atomic mass is 16.1. The van der Waals surface area contributed by atoms with Crippen LogP contribution in [0.2, 0.25) is 0 Å². The van der Waals surface area contributed by atoms with Crippen molar-refractivity contribution < 1.29 is 9.59 Å². The van der Waals surface area contributed by atoms with Crippen molar-refractivity contribution in [1.82, 2.24) is 0 Å². The van der Waals surface area contributed by atoms with Crippen LogP contribution in [0.15, 0.2) is 22.3 Å². The molecular formula is C16H20O2. The summed E-state index contributed by atoms with van der Waals surface area (Å²) in [5.74, 6) is 1.04. The van der Waals surface area contributed by atoms with E-state index < -0.39 is 0 Å². The second-order valence-electron chi connectivity index (χ2n) is 5.80. The fourth-order valence-electron chi connectivity index (χ4n) is 3.61. The number of hydrogen-bond acceptors (Lipinski definition) is 2. The van der Waals surface area contributed by atoms with Crippen molar-refractivity contribution in [3.8, 4) is 0 Å². The Morgan fingerprint density at radius 1 is 0.889 bits per heavy atom. The first-order valence-corrected chi connectivity index (χ1v) is 7.25. The molecule has 1 atom stereocenters. The van der Waals surface area contributed by atoms with Gasteiger partial charge in [-0.25, -0.2) is 0 Å². The van der Waals surface area contributed by atoms with E-state index in [-0.39, 0.29) is 11.6 Å². The van der Waals surface area contributed by atoms with E-state index in [9.17, 15) is 9.59 Å². The molecule has 0 bridgehead atoms. The molecule has 0 N–H and O–H groups in total. The molecule has 0 fully saturated rings. The van der Waals surface area contributed by atoms with Crippen molar-refractivity contribution in [1.29, 1.82) is 0 Å². The third kappa shape index (κ3) is 1.70. The van der Waals surface area contributed by atoms with E-state index in [0.717, 1.165) is 73.7 Å². The molecule has 3 aliphatic rings. The summed E-state index contributed by atoms with van der Waals surface area (Å²) in [7, 11) is 0. The lowest BCUT2D eigenvalue weighted by Crippen LogP contribution is -2.29. The molecule has 0 heterocycles. The first kappa shape index (κ1) is 11.9. The largest absolute Gasteiger partial charge is 0.289 e. The molecule has 0 spiro atoms. The summed E-state index contributed by atoms with van der Waals surface area (Å²) in [5, 5.41) is 0. The maximum atomic E-state index is 12.5. The number of rotatable bonds is 1. The van der Waals surface area contributed by atoms with Gasteiger partial charge in [0.25, 0.3) is 0 Å². The van der Waals surface area contributed by atoms with Crippen LogP contribution in [-0.2, 0) is 9.59 Å². The number of hydrogen-bond donors (Lipinski definition) is 0. The maximum absolute atomic E-state index is 12.5. The fraction of sp³-hybridized carbons (Fsp3) is 0.625. The molecule has 0 amide bonds. The lowest BCUT2D eigenvalue weighted by Gasteiger charge is -2.32. The van der Waals surface area contributed by atoms with E-state index >= 15 is 0 Å². The van der Waals surface area contributed by atoms with Crippen molar-refractivity contribution in [2.75, 3.05) is 0 Å². The Hall–Kier alpha value is -1.18. The van der Waals surface area contributed by atoms with Crippen molar-refractivity contribution in [3.05, 3.63) is 22.3 Å². The maximum Gasteiger partial charge on any atom is 0.185 e. The highest BCUT2D eigenvalue weighted by Crippen LogP contribution is 2.41. The molecule has 3 rings (SSSR count). The fourth-order valence-corrected chi connectivity index (χ4v) is 3.61. The molecule has 0 aromatic heterocycles. The minimum absolute atomic E-state index is 0.217. The summed E-state index contributed by atoms with van der Waals surface area (Å²) in [6.07, 6.45) is 7.65. The van der Waals surface area contributed by atoms with E-state index in [1.807, 2.05) is 0 Å². The van der Waals surface area contributed by atoms with Gasteiger partial charge in [-0.2, -0.15) is 0 Å². The van der Waals surface area contributed by atoms with Crippen LogP contribution in [0.3, 0.4) is 0 Å². The van der Waals surface area contributed by atoms with Gasteiger partial charge in [0.05, 0.1) is 0 Å². The first-order chi connectivity index (χ1) is 8.72. The molecule has 18 heavy (non-hydrogen) atoms. The van der Waals surface area contributed by atoms with Crippen LogP contribution < -0.4 is 0 Å². The van der Waals surface area contributed by atoms with Crippen LogP contribution in [0.1, 0.15) is 58.3 Å². The van der Waals surface area contributed by atoms with E-state index in [1.165, 1.54) is 0 Å². The SMILES string of the molecule is CCC1CCC2=C(C1)C(=O)C1=C(CCCC1)C2=O. The third-order valence-electron chi connectivity index (χ3n) is 4.80.